The third-order valence-electron chi connectivity index (χ3n) is 6.28. The van der Waals surface area contributed by atoms with Gasteiger partial charge in [-0.25, -0.2) is 0 Å². The van der Waals surface area contributed by atoms with E-state index < -0.39 is 0 Å². The third kappa shape index (κ3) is 4.82. The second-order valence-electron chi connectivity index (χ2n) is 8.34. The molecule has 2 heterocycles. The first-order valence-electron chi connectivity index (χ1n) is 11.0. The number of likely N-dealkylation sites (tertiary alicyclic amines) is 2. The van der Waals surface area contributed by atoms with Crippen molar-refractivity contribution in [2.45, 2.75) is 51.0 Å². The van der Waals surface area contributed by atoms with E-state index in [0.29, 0.717) is 6.04 Å². The highest BCUT2D eigenvalue weighted by atomic mass is 16.2. The number of carbonyl (C=O) groups is 1. The molecule has 148 valence electrons. The zero-order valence-corrected chi connectivity index (χ0v) is 16.9. The first-order chi connectivity index (χ1) is 13.8. The van der Waals surface area contributed by atoms with Gasteiger partial charge in [0.25, 0.3) is 5.91 Å². The third-order valence-corrected chi connectivity index (χ3v) is 6.28. The lowest BCUT2D eigenvalue weighted by molar-refractivity contribution is 0.0709. The summed E-state index contributed by atoms with van der Waals surface area (Å²) in [5, 5.41) is 0. The zero-order chi connectivity index (χ0) is 19.2. The number of benzene rings is 2. The quantitative estimate of drug-likeness (QED) is 0.707. The van der Waals surface area contributed by atoms with Gasteiger partial charge in [-0.1, -0.05) is 42.5 Å². The first-order valence-corrected chi connectivity index (χ1v) is 11.0. The molecule has 1 atom stereocenters. The predicted molar refractivity (Wildman–Crippen MR) is 115 cm³/mol. The van der Waals surface area contributed by atoms with Crippen LogP contribution in [-0.2, 0) is 12.8 Å². The van der Waals surface area contributed by atoms with E-state index in [-0.39, 0.29) is 5.91 Å². The molecule has 2 aromatic rings. The molecule has 0 radical (unpaired) electrons. The zero-order valence-electron chi connectivity index (χ0n) is 16.9. The maximum atomic E-state index is 13.0. The van der Waals surface area contributed by atoms with Gasteiger partial charge in [0.15, 0.2) is 0 Å². The van der Waals surface area contributed by atoms with E-state index in [1.165, 1.54) is 37.1 Å². The number of nitrogens with zero attached hydrogens (tertiary/aromatic N) is 2. The summed E-state index contributed by atoms with van der Waals surface area (Å²) in [6.45, 7) is 4.38. The summed E-state index contributed by atoms with van der Waals surface area (Å²) in [5.74, 6) is 0.220. The van der Waals surface area contributed by atoms with Crippen molar-refractivity contribution >= 4 is 5.91 Å². The Morgan fingerprint density at radius 1 is 0.821 bits per heavy atom. The minimum Gasteiger partial charge on any atom is -0.334 e. The fourth-order valence-electron chi connectivity index (χ4n) is 4.68. The smallest absolute Gasteiger partial charge is 0.254 e. The van der Waals surface area contributed by atoms with Gasteiger partial charge in [-0.3, -0.25) is 4.79 Å². The Balaban J connectivity index is 1.30. The first kappa shape index (κ1) is 19.2. The topological polar surface area (TPSA) is 23.6 Å². The van der Waals surface area contributed by atoms with E-state index in [4.69, 9.17) is 0 Å². The Labute approximate surface area is 169 Å². The molecule has 2 aromatic carbocycles. The summed E-state index contributed by atoms with van der Waals surface area (Å²) in [4.78, 5) is 17.7. The van der Waals surface area contributed by atoms with Crippen LogP contribution in [0.4, 0.5) is 0 Å². The second kappa shape index (κ2) is 9.38. The monoisotopic (exact) mass is 376 g/mol. The Morgan fingerprint density at radius 2 is 1.50 bits per heavy atom. The number of hydrogen-bond acceptors (Lipinski definition) is 2. The molecule has 0 N–H and O–H groups in total. The Hall–Kier alpha value is -2.13. The molecule has 0 aliphatic carbocycles. The SMILES string of the molecule is O=C(c1ccc(CCCc2ccccc2)cc1)N1CCC[C@H]1CN1CCCC1. The minimum absolute atomic E-state index is 0.220. The molecule has 2 saturated heterocycles. The fraction of sp³-hybridized carbons (Fsp3) is 0.480. The van der Waals surface area contributed by atoms with E-state index in [2.05, 4.69) is 52.3 Å². The molecule has 2 fully saturated rings. The van der Waals surface area contributed by atoms with Crippen LogP contribution in [0.5, 0.6) is 0 Å². The molecule has 2 aliphatic heterocycles. The van der Waals surface area contributed by atoms with Crippen LogP contribution in [0.2, 0.25) is 0 Å². The van der Waals surface area contributed by atoms with Crippen LogP contribution in [0.1, 0.15) is 53.6 Å². The summed E-state index contributed by atoms with van der Waals surface area (Å²) in [5.41, 5.74) is 3.56. The lowest BCUT2D eigenvalue weighted by atomic mass is 10.0. The van der Waals surface area contributed by atoms with Gasteiger partial charge in [0.1, 0.15) is 0 Å². The van der Waals surface area contributed by atoms with E-state index in [1.807, 2.05) is 12.1 Å². The number of carbonyl (C=O) groups excluding carboxylic acids is 1. The van der Waals surface area contributed by atoms with Crippen molar-refractivity contribution in [2.24, 2.45) is 0 Å². The van der Waals surface area contributed by atoms with Crippen LogP contribution in [0.15, 0.2) is 54.6 Å². The maximum Gasteiger partial charge on any atom is 0.254 e. The number of aryl methyl sites for hydroxylation is 2. The van der Waals surface area contributed by atoms with Gasteiger partial charge in [0, 0.05) is 24.7 Å². The molecule has 0 aromatic heterocycles. The molecule has 0 unspecified atom stereocenters. The number of rotatable bonds is 7. The summed E-state index contributed by atoms with van der Waals surface area (Å²) in [7, 11) is 0. The molecule has 2 aliphatic rings. The second-order valence-corrected chi connectivity index (χ2v) is 8.34. The molecular weight excluding hydrogens is 344 g/mol. The summed E-state index contributed by atoms with van der Waals surface area (Å²) >= 11 is 0. The Bertz CT molecular complexity index is 750. The summed E-state index contributed by atoms with van der Waals surface area (Å²) < 4.78 is 0. The highest BCUT2D eigenvalue weighted by molar-refractivity contribution is 5.94. The lowest BCUT2D eigenvalue weighted by Crippen LogP contribution is -2.42. The molecule has 0 bridgehead atoms. The molecule has 0 spiro atoms. The van der Waals surface area contributed by atoms with E-state index in [0.717, 1.165) is 50.8 Å². The van der Waals surface area contributed by atoms with E-state index in [9.17, 15) is 4.79 Å². The fourth-order valence-corrected chi connectivity index (χ4v) is 4.68. The van der Waals surface area contributed by atoms with Crippen molar-refractivity contribution < 1.29 is 4.79 Å². The van der Waals surface area contributed by atoms with Gasteiger partial charge in [-0.15, -0.1) is 0 Å². The minimum atomic E-state index is 0.220. The van der Waals surface area contributed by atoms with Crippen molar-refractivity contribution in [2.75, 3.05) is 26.2 Å². The normalized spacial score (nSPS) is 20.0. The Morgan fingerprint density at radius 3 is 2.21 bits per heavy atom. The van der Waals surface area contributed by atoms with Crippen LogP contribution in [0, 0.1) is 0 Å². The van der Waals surface area contributed by atoms with Crippen molar-refractivity contribution in [3.8, 4) is 0 Å². The Kier molecular flexibility index (Phi) is 6.43. The highest BCUT2D eigenvalue weighted by Gasteiger charge is 2.31. The van der Waals surface area contributed by atoms with Crippen LogP contribution in [0.3, 0.4) is 0 Å². The average molecular weight is 377 g/mol. The summed E-state index contributed by atoms with van der Waals surface area (Å²) in [6, 6.07) is 19.4. The van der Waals surface area contributed by atoms with Crippen molar-refractivity contribution in [1.82, 2.24) is 9.80 Å². The van der Waals surface area contributed by atoms with Gasteiger partial charge in [0.2, 0.25) is 0 Å². The van der Waals surface area contributed by atoms with Crippen molar-refractivity contribution in [3.05, 3.63) is 71.3 Å². The van der Waals surface area contributed by atoms with Crippen LogP contribution >= 0.6 is 0 Å². The maximum absolute atomic E-state index is 13.0. The standard InChI is InChI=1S/C25H32N2O/c28-25(27-19-7-12-24(27)20-26-17-4-5-18-26)23-15-13-22(14-16-23)11-6-10-21-8-2-1-3-9-21/h1-3,8-9,13-16,24H,4-7,10-12,17-20H2/t24-/m0/s1. The average Bonchev–Trinajstić information content (AvgIpc) is 3.41. The molecule has 3 nitrogen and oxygen atoms in total. The number of amides is 1. The van der Waals surface area contributed by atoms with Gasteiger partial charge in [0.05, 0.1) is 0 Å². The lowest BCUT2D eigenvalue weighted by Gasteiger charge is -2.28. The predicted octanol–water partition coefficient (Wildman–Crippen LogP) is 4.56. The van der Waals surface area contributed by atoms with Crippen LogP contribution < -0.4 is 0 Å². The molecule has 1 amide bonds. The highest BCUT2D eigenvalue weighted by Crippen LogP contribution is 2.23. The molecular formula is C25H32N2O. The van der Waals surface area contributed by atoms with Gasteiger partial charge in [-0.05, 0) is 81.3 Å². The van der Waals surface area contributed by atoms with Gasteiger partial charge in [-0.2, -0.15) is 0 Å². The van der Waals surface area contributed by atoms with E-state index >= 15 is 0 Å². The van der Waals surface area contributed by atoms with Crippen LogP contribution in [-0.4, -0.2) is 47.9 Å². The molecule has 28 heavy (non-hydrogen) atoms. The largest absolute Gasteiger partial charge is 0.334 e. The van der Waals surface area contributed by atoms with E-state index in [1.54, 1.807) is 0 Å². The molecule has 4 rings (SSSR count). The number of hydrogen-bond donors (Lipinski definition) is 0. The van der Waals surface area contributed by atoms with Crippen molar-refractivity contribution in [1.29, 1.82) is 0 Å². The van der Waals surface area contributed by atoms with Crippen LogP contribution in [0.25, 0.3) is 0 Å². The summed E-state index contributed by atoms with van der Waals surface area (Å²) in [6.07, 6.45) is 8.22. The van der Waals surface area contributed by atoms with Gasteiger partial charge < -0.3 is 9.80 Å². The van der Waals surface area contributed by atoms with Gasteiger partial charge >= 0.3 is 0 Å². The molecule has 3 heteroatoms. The van der Waals surface area contributed by atoms with Crippen molar-refractivity contribution in [3.63, 3.8) is 0 Å². The molecule has 0 saturated carbocycles.